The summed E-state index contributed by atoms with van der Waals surface area (Å²) in [7, 11) is 0. The van der Waals surface area contributed by atoms with Crippen molar-refractivity contribution in [1.29, 1.82) is 0 Å². The predicted octanol–water partition coefficient (Wildman–Crippen LogP) is 7.24. The van der Waals surface area contributed by atoms with Gasteiger partial charge in [0.05, 0.1) is 19.8 Å². The molecule has 1 aliphatic heterocycles. The highest BCUT2D eigenvalue weighted by molar-refractivity contribution is 5.69. The van der Waals surface area contributed by atoms with Crippen LogP contribution in [0.3, 0.4) is 0 Å². The SMILES string of the molecule is CCC/C=C\CCCCCCCC(=O)OC(COCCCCCCCC/C=C\C/C=C\CCCC)COC1OC(CO)C(O)C(O)C1O. The second-order valence-electron chi connectivity index (χ2n) is 13.0. The van der Waals surface area contributed by atoms with Crippen molar-refractivity contribution in [2.24, 2.45) is 0 Å². The fraction of sp³-hybridized carbons (Fsp3) is 0.821. The quantitative estimate of drug-likeness (QED) is 0.0339. The molecule has 48 heavy (non-hydrogen) atoms. The number of hydrogen-bond donors (Lipinski definition) is 4. The smallest absolute Gasteiger partial charge is 0.306 e. The summed E-state index contributed by atoms with van der Waals surface area (Å²) in [6, 6.07) is 0. The molecule has 0 aliphatic carbocycles. The number of allylic oxidation sites excluding steroid dienone is 6. The Labute approximate surface area is 291 Å². The molecule has 0 bridgehead atoms. The predicted molar refractivity (Wildman–Crippen MR) is 192 cm³/mol. The third-order valence-corrected chi connectivity index (χ3v) is 8.51. The first-order chi connectivity index (χ1) is 23.4. The Morgan fingerprint density at radius 1 is 0.667 bits per heavy atom. The molecule has 0 aromatic carbocycles. The highest BCUT2D eigenvalue weighted by atomic mass is 16.7. The van der Waals surface area contributed by atoms with E-state index in [1.807, 2.05) is 0 Å². The first kappa shape index (κ1) is 44.4. The molecular formula is C39H70O9. The van der Waals surface area contributed by atoms with Gasteiger partial charge in [0.25, 0.3) is 0 Å². The zero-order valence-electron chi connectivity index (χ0n) is 30.2. The Hall–Kier alpha value is -1.59. The standard InChI is InChI=1S/C39H70O9/c1-3-5-7-9-11-13-15-16-17-18-19-21-23-25-27-29-45-31-33(32-46-39-38(44)37(43)36(42)34(30-40)48-39)47-35(41)28-26-24-22-20-14-12-10-8-6-4-2/h8-11,15-16,33-34,36-40,42-44H,3-7,12-14,17-32H2,1-2H3/b10-8-,11-9-,16-15-. The van der Waals surface area contributed by atoms with Gasteiger partial charge >= 0.3 is 5.97 Å². The molecule has 6 atom stereocenters. The van der Waals surface area contributed by atoms with Crippen LogP contribution >= 0.6 is 0 Å². The molecule has 1 rings (SSSR count). The van der Waals surface area contributed by atoms with E-state index in [4.69, 9.17) is 18.9 Å². The first-order valence-corrected chi connectivity index (χ1v) is 19.1. The third kappa shape index (κ3) is 22.9. The van der Waals surface area contributed by atoms with Crippen molar-refractivity contribution in [3.8, 4) is 0 Å². The monoisotopic (exact) mass is 683 g/mol. The molecular weight excluding hydrogens is 612 g/mol. The van der Waals surface area contributed by atoms with Gasteiger partial charge in [-0.1, -0.05) is 115 Å². The average molecular weight is 683 g/mol. The van der Waals surface area contributed by atoms with Crippen LogP contribution in [0.15, 0.2) is 36.5 Å². The van der Waals surface area contributed by atoms with Crippen LogP contribution in [-0.4, -0.2) is 89.6 Å². The molecule has 0 aromatic rings. The number of unbranched alkanes of at least 4 members (excludes halogenated alkanes) is 14. The van der Waals surface area contributed by atoms with Gasteiger partial charge in [0.15, 0.2) is 6.29 Å². The molecule has 1 aliphatic rings. The fourth-order valence-electron chi connectivity index (χ4n) is 5.45. The van der Waals surface area contributed by atoms with Crippen molar-refractivity contribution >= 4 is 5.97 Å². The Morgan fingerprint density at radius 3 is 1.90 bits per heavy atom. The number of esters is 1. The Balaban J connectivity index is 2.34. The van der Waals surface area contributed by atoms with Crippen LogP contribution in [0, 0.1) is 0 Å². The van der Waals surface area contributed by atoms with Crippen LogP contribution < -0.4 is 0 Å². The van der Waals surface area contributed by atoms with Gasteiger partial charge in [0.2, 0.25) is 0 Å². The summed E-state index contributed by atoms with van der Waals surface area (Å²) >= 11 is 0. The van der Waals surface area contributed by atoms with Crippen LogP contribution in [0.1, 0.15) is 142 Å². The maximum absolute atomic E-state index is 12.6. The fourth-order valence-corrected chi connectivity index (χ4v) is 5.45. The molecule has 1 saturated heterocycles. The topological polar surface area (TPSA) is 135 Å². The maximum Gasteiger partial charge on any atom is 0.306 e. The van der Waals surface area contributed by atoms with E-state index in [-0.39, 0.29) is 19.2 Å². The largest absolute Gasteiger partial charge is 0.457 e. The number of ether oxygens (including phenoxy) is 4. The minimum atomic E-state index is -1.54. The zero-order valence-corrected chi connectivity index (χ0v) is 30.2. The van der Waals surface area contributed by atoms with E-state index in [0.29, 0.717) is 13.0 Å². The van der Waals surface area contributed by atoms with E-state index in [2.05, 4.69) is 50.3 Å². The van der Waals surface area contributed by atoms with Gasteiger partial charge in [-0.2, -0.15) is 0 Å². The number of carbonyl (C=O) groups is 1. The molecule has 0 radical (unpaired) electrons. The molecule has 1 heterocycles. The molecule has 0 spiro atoms. The maximum atomic E-state index is 12.6. The van der Waals surface area contributed by atoms with E-state index in [0.717, 1.165) is 77.0 Å². The van der Waals surface area contributed by atoms with E-state index >= 15 is 0 Å². The second-order valence-corrected chi connectivity index (χ2v) is 13.0. The molecule has 0 aromatic heterocycles. The van der Waals surface area contributed by atoms with Crippen LogP contribution in [-0.2, 0) is 23.7 Å². The Morgan fingerprint density at radius 2 is 1.25 bits per heavy atom. The molecule has 9 nitrogen and oxygen atoms in total. The number of hydrogen-bond acceptors (Lipinski definition) is 9. The van der Waals surface area contributed by atoms with Gasteiger partial charge in [-0.25, -0.2) is 0 Å². The molecule has 1 fully saturated rings. The van der Waals surface area contributed by atoms with Crippen molar-refractivity contribution in [1.82, 2.24) is 0 Å². The van der Waals surface area contributed by atoms with E-state index < -0.39 is 43.4 Å². The normalized spacial score (nSPS) is 22.3. The minimum absolute atomic E-state index is 0.121. The third-order valence-electron chi connectivity index (χ3n) is 8.51. The lowest BCUT2D eigenvalue weighted by molar-refractivity contribution is -0.305. The summed E-state index contributed by atoms with van der Waals surface area (Å²) in [5.74, 6) is -0.332. The Bertz CT molecular complexity index is 828. The highest BCUT2D eigenvalue weighted by Crippen LogP contribution is 2.22. The van der Waals surface area contributed by atoms with Gasteiger partial charge in [-0.05, 0) is 57.8 Å². The summed E-state index contributed by atoms with van der Waals surface area (Å²) < 4.78 is 22.6. The van der Waals surface area contributed by atoms with Crippen molar-refractivity contribution < 1.29 is 44.2 Å². The molecule has 9 heteroatoms. The van der Waals surface area contributed by atoms with E-state index in [9.17, 15) is 25.2 Å². The lowest BCUT2D eigenvalue weighted by Gasteiger charge is -2.39. The molecule has 280 valence electrons. The van der Waals surface area contributed by atoms with Gasteiger partial charge < -0.3 is 39.4 Å². The van der Waals surface area contributed by atoms with Crippen LogP contribution in [0.25, 0.3) is 0 Å². The molecule has 0 saturated carbocycles. The summed E-state index contributed by atoms with van der Waals surface area (Å²) in [4.78, 5) is 12.6. The lowest BCUT2D eigenvalue weighted by atomic mass is 9.99. The number of aliphatic hydroxyl groups excluding tert-OH is 4. The first-order valence-electron chi connectivity index (χ1n) is 19.1. The zero-order chi connectivity index (χ0) is 35.1. The van der Waals surface area contributed by atoms with Crippen LogP contribution in [0.4, 0.5) is 0 Å². The highest BCUT2D eigenvalue weighted by Gasteiger charge is 2.44. The van der Waals surface area contributed by atoms with Gasteiger partial charge in [0, 0.05) is 13.0 Å². The number of aliphatic hydroxyl groups is 4. The number of carbonyl (C=O) groups excluding carboxylic acids is 1. The van der Waals surface area contributed by atoms with Gasteiger partial charge in [-0.3, -0.25) is 4.79 Å². The van der Waals surface area contributed by atoms with Crippen LogP contribution in [0.5, 0.6) is 0 Å². The summed E-state index contributed by atoms with van der Waals surface area (Å²) in [6.07, 6.45) is 27.4. The van der Waals surface area contributed by atoms with Crippen LogP contribution in [0.2, 0.25) is 0 Å². The molecule has 6 unspecified atom stereocenters. The summed E-state index contributed by atoms with van der Waals surface area (Å²) in [5, 5.41) is 39.9. The van der Waals surface area contributed by atoms with Crippen molar-refractivity contribution in [2.75, 3.05) is 26.4 Å². The number of rotatable bonds is 31. The Kier molecular flexibility index (Phi) is 29.1. The van der Waals surface area contributed by atoms with Gasteiger partial charge in [-0.15, -0.1) is 0 Å². The van der Waals surface area contributed by atoms with Gasteiger partial charge in [0.1, 0.15) is 30.5 Å². The van der Waals surface area contributed by atoms with Crippen molar-refractivity contribution in [3.63, 3.8) is 0 Å². The molecule has 0 amide bonds. The van der Waals surface area contributed by atoms with Crippen molar-refractivity contribution in [3.05, 3.63) is 36.5 Å². The van der Waals surface area contributed by atoms with Crippen molar-refractivity contribution in [2.45, 2.75) is 179 Å². The second kappa shape index (κ2) is 31.4. The minimum Gasteiger partial charge on any atom is -0.457 e. The van der Waals surface area contributed by atoms with E-state index in [1.54, 1.807) is 0 Å². The summed E-state index contributed by atoms with van der Waals surface area (Å²) in [6.45, 7) is 4.40. The lowest BCUT2D eigenvalue weighted by Crippen LogP contribution is -2.59. The molecule has 4 N–H and O–H groups in total. The average Bonchev–Trinajstić information content (AvgIpc) is 3.08. The van der Waals surface area contributed by atoms with E-state index in [1.165, 1.54) is 44.9 Å². The summed E-state index contributed by atoms with van der Waals surface area (Å²) in [5.41, 5.74) is 0.